The van der Waals surface area contributed by atoms with Crippen molar-refractivity contribution in [1.82, 2.24) is 0 Å². The molecule has 0 aliphatic rings. The number of hydrogen-bond acceptors (Lipinski definition) is 9. The summed E-state index contributed by atoms with van der Waals surface area (Å²) in [5, 5.41) is 0. The Kier molecular flexibility index (Phi) is 58.8. The molecule has 0 saturated carbocycles. The molecule has 13 heteroatoms. The van der Waals surface area contributed by atoms with Crippen molar-refractivity contribution < 1.29 is 56.0 Å². The van der Waals surface area contributed by atoms with Crippen molar-refractivity contribution in [3.8, 4) is 0 Å². The van der Waals surface area contributed by atoms with Gasteiger partial charge in [-0.15, -0.1) is 0 Å². The molecule has 0 aromatic rings. The van der Waals surface area contributed by atoms with Gasteiger partial charge in [-0.25, -0.2) is 25.3 Å². The third-order valence-corrected chi connectivity index (χ3v) is 13.6. The van der Waals surface area contributed by atoms with Crippen molar-refractivity contribution >= 4 is 30.4 Å². The fraction of sp³-hybridized carbons (Fsp3) is 1.00. The van der Waals surface area contributed by atoms with Gasteiger partial charge >= 0.3 is 17.1 Å². The fourth-order valence-electron chi connectivity index (χ4n) is 7.42. The summed E-state index contributed by atoms with van der Waals surface area (Å²) in [5.74, 6) is -0.568. The maximum atomic E-state index is 10.4. The summed E-state index contributed by atoms with van der Waals surface area (Å²) in [6.07, 6.45) is 51.5. The summed E-state index contributed by atoms with van der Waals surface area (Å²) in [4.78, 5) is 0. The molecule has 0 heterocycles. The summed E-state index contributed by atoms with van der Waals surface area (Å²) in [6, 6.07) is 0. The Labute approximate surface area is 391 Å². The summed E-state index contributed by atoms with van der Waals surface area (Å²) in [6.45, 7) is 6.75. The monoisotopic (exact) mass is 972 g/mol. The van der Waals surface area contributed by atoms with E-state index in [2.05, 4.69) is 20.8 Å². The summed E-state index contributed by atoms with van der Waals surface area (Å²) in [7, 11) is -12.0. The summed E-state index contributed by atoms with van der Waals surface area (Å²) < 4.78 is 93.5. The van der Waals surface area contributed by atoms with Gasteiger partial charge in [0.25, 0.3) is 0 Å². The minimum absolute atomic E-state index is 0. The molecule has 0 aromatic carbocycles. The molecule has 0 bridgehead atoms. The molecule has 0 aromatic heterocycles. The van der Waals surface area contributed by atoms with Gasteiger partial charge in [0.05, 0.1) is 30.4 Å². The van der Waals surface area contributed by atoms with Gasteiger partial charge in [0.1, 0.15) is 0 Å². The Hall–Kier alpha value is 0.249. The van der Waals surface area contributed by atoms with Gasteiger partial charge in [0.15, 0.2) is 0 Å². The Morgan fingerprint density at radius 2 is 0.311 bits per heavy atom. The molecule has 0 rings (SSSR count). The van der Waals surface area contributed by atoms with Crippen molar-refractivity contribution in [3.63, 3.8) is 0 Å². The average molecular weight is 972 g/mol. The Bertz CT molecular complexity index is 1010. The molecule has 0 spiro atoms. The van der Waals surface area contributed by atoms with Crippen molar-refractivity contribution in [2.45, 2.75) is 290 Å². The zero-order chi connectivity index (χ0) is 45.3. The van der Waals surface area contributed by atoms with Gasteiger partial charge in [-0.3, -0.25) is 0 Å². The van der Waals surface area contributed by atoms with E-state index < -0.39 is 30.4 Å². The van der Waals surface area contributed by atoms with E-state index in [0.29, 0.717) is 19.3 Å². The Balaban J connectivity index is -0.000000396. The van der Waals surface area contributed by atoms with Crippen molar-refractivity contribution in [1.29, 1.82) is 0 Å². The van der Waals surface area contributed by atoms with Gasteiger partial charge in [0.2, 0.25) is 0 Å². The van der Waals surface area contributed by atoms with Crippen molar-refractivity contribution in [2.24, 2.45) is 0 Å². The molecule has 0 unspecified atom stereocenters. The molecule has 9 nitrogen and oxygen atoms in total. The van der Waals surface area contributed by atoms with E-state index in [4.69, 9.17) is 0 Å². The maximum absolute atomic E-state index is 10.4. The van der Waals surface area contributed by atoms with Crippen molar-refractivity contribution in [3.05, 3.63) is 0 Å². The van der Waals surface area contributed by atoms with Crippen molar-refractivity contribution in [2.75, 3.05) is 17.3 Å². The van der Waals surface area contributed by atoms with Gasteiger partial charge < -0.3 is 13.7 Å². The smallest absolute Gasteiger partial charge is 0.748 e. The van der Waals surface area contributed by atoms with Crippen LogP contribution in [0.1, 0.15) is 290 Å². The van der Waals surface area contributed by atoms with Gasteiger partial charge in [-0.05, 0) is 19.3 Å². The molecule has 0 aliphatic carbocycles. The predicted molar refractivity (Wildman–Crippen MR) is 255 cm³/mol. The second kappa shape index (κ2) is 52.9. The third kappa shape index (κ3) is 77.8. The Morgan fingerprint density at radius 1 is 0.213 bits per heavy atom. The van der Waals surface area contributed by atoms with Crippen LogP contribution in [0.2, 0.25) is 0 Å². The predicted octanol–water partition coefficient (Wildman–Crippen LogP) is 15.0. The summed E-state index contributed by atoms with van der Waals surface area (Å²) in [5.41, 5.74) is 0. The first-order valence-electron chi connectivity index (χ1n) is 25.5. The van der Waals surface area contributed by atoms with E-state index in [0.717, 1.165) is 38.5 Å². The first kappa shape index (κ1) is 67.8. The largest absolute Gasteiger partial charge is 3.00 e. The fourth-order valence-corrected chi connectivity index (χ4v) is 9.09. The first-order valence-corrected chi connectivity index (χ1v) is 30.2. The van der Waals surface area contributed by atoms with E-state index in [1.807, 2.05) is 0 Å². The number of rotatable bonds is 45. The minimum Gasteiger partial charge on any atom is -0.748 e. The van der Waals surface area contributed by atoms with Crippen LogP contribution in [-0.4, -0.2) is 56.2 Å². The second-order valence-electron chi connectivity index (χ2n) is 17.6. The molecule has 0 amide bonds. The Morgan fingerprint density at radius 3 is 0.410 bits per heavy atom. The third-order valence-electron chi connectivity index (χ3n) is 11.2. The minimum atomic E-state index is -3.99. The standard InChI is InChI=1S/3C16H34O3S.Fe/c3*1-2-3-4-5-6-7-8-9-10-11-12-13-14-15-16-20(17,18)19;/h3*2-16H2,1H3,(H,17,18,19);/q;;;+3/p-3. The number of hydrogen-bond donors (Lipinski definition) is 0. The normalized spacial score (nSPS) is 11.7. The molecule has 0 N–H and O–H groups in total. The molecule has 371 valence electrons. The molecule has 0 aliphatic heterocycles. The van der Waals surface area contributed by atoms with Crippen LogP contribution in [0.5, 0.6) is 0 Å². The molecule has 0 saturated heterocycles. The molecular weight excluding hydrogens is 873 g/mol. The van der Waals surface area contributed by atoms with E-state index in [-0.39, 0.29) is 34.3 Å². The topological polar surface area (TPSA) is 172 Å². The summed E-state index contributed by atoms with van der Waals surface area (Å²) >= 11 is 0. The second-order valence-corrected chi connectivity index (χ2v) is 22.1. The molecule has 0 fully saturated rings. The molecular formula is C48H99FeO9S3. The zero-order valence-corrected chi connectivity index (χ0v) is 43.6. The van der Waals surface area contributed by atoms with Crippen LogP contribution < -0.4 is 0 Å². The first-order chi connectivity index (χ1) is 28.7. The SMILES string of the molecule is CCCCCCCCCCCCCCCCS(=O)(=O)[O-].CCCCCCCCCCCCCCCCS(=O)(=O)[O-].CCCCCCCCCCCCCCCCS(=O)(=O)[O-].[Fe+3]. The van der Waals surface area contributed by atoms with Crippen LogP contribution in [-0.2, 0) is 47.4 Å². The van der Waals surface area contributed by atoms with Crippen LogP contribution >= 0.6 is 0 Å². The van der Waals surface area contributed by atoms with Crippen LogP contribution in [0.3, 0.4) is 0 Å². The maximum Gasteiger partial charge on any atom is 3.00 e. The molecule has 61 heavy (non-hydrogen) atoms. The zero-order valence-electron chi connectivity index (χ0n) is 40.1. The molecule has 1 radical (unpaired) electrons. The van der Waals surface area contributed by atoms with Crippen LogP contribution in [0.15, 0.2) is 0 Å². The van der Waals surface area contributed by atoms with E-state index in [1.54, 1.807) is 0 Å². The van der Waals surface area contributed by atoms with Gasteiger partial charge in [0, 0.05) is 17.3 Å². The van der Waals surface area contributed by atoms with Crippen LogP contribution in [0.4, 0.5) is 0 Å². The van der Waals surface area contributed by atoms with E-state index >= 15 is 0 Å². The van der Waals surface area contributed by atoms with Crippen LogP contribution in [0, 0.1) is 0 Å². The van der Waals surface area contributed by atoms with Crippen LogP contribution in [0.25, 0.3) is 0 Å². The quantitative estimate of drug-likeness (QED) is 0.0327. The molecule has 0 atom stereocenters. The van der Waals surface area contributed by atoms with Gasteiger partial charge in [-0.1, -0.05) is 271 Å². The van der Waals surface area contributed by atoms with E-state index in [1.165, 1.54) is 212 Å². The number of unbranched alkanes of at least 4 members (excludes halogenated alkanes) is 39. The van der Waals surface area contributed by atoms with E-state index in [9.17, 15) is 38.9 Å². The average Bonchev–Trinajstić information content (AvgIpc) is 3.17. The van der Waals surface area contributed by atoms with Gasteiger partial charge in [-0.2, -0.15) is 0 Å².